The lowest BCUT2D eigenvalue weighted by Crippen LogP contribution is -2.05. The van der Waals surface area contributed by atoms with Crippen LogP contribution >= 0.6 is 11.8 Å². The van der Waals surface area contributed by atoms with Gasteiger partial charge in [-0.25, -0.2) is 0 Å². The van der Waals surface area contributed by atoms with Gasteiger partial charge in [-0.2, -0.15) is 18.1 Å². The summed E-state index contributed by atoms with van der Waals surface area (Å²) >= 11 is 1.37. The summed E-state index contributed by atoms with van der Waals surface area (Å²) in [5, 5.41) is 24.0. The van der Waals surface area contributed by atoms with Crippen LogP contribution in [0.2, 0.25) is 0 Å². The average Bonchev–Trinajstić information content (AvgIpc) is 3.36. The molecule has 12 heteroatoms. The van der Waals surface area contributed by atoms with E-state index in [4.69, 9.17) is 0 Å². The maximum absolute atomic E-state index is 12.3. The van der Waals surface area contributed by atoms with Gasteiger partial charge in [-0.1, -0.05) is 30.0 Å². The molecular weight excluding hydrogens is 390 g/mol. The SMILES string of the molecule is FC(F)Oc1ccc(-n2nnnc2CSc2nnnn2-c2ccccc2)cc1. The van der Waals surface area contributed by atoms with Gasteiger partial charge in [-0.3, -0.25) is 0 Å². The minimum atomic E-state index is -2.87. The number of rotatable bonds is 7. The Morgan fingerprint density at radius 2 is 1.54 bits per heavy atom. The van der Waals surface area contributed by atoms with Crippen LogP contribution in [0, 0.1) is 0 Å². The van der Waals surface area contributed by atoms with Gasteiger partial charge in [0.05, 0.1) is 17.1 Å². The second-order valence-corrected chi connectivity index (χ2v) is 6.32. The molecule has 0 radical (unpaired) electrons. The van der Waals surface area contributed by atoms with Crippen molar-refractivity contribution in [1.29, 1.82) is 0 Å². The van der Waals surface area contributed by atoms with Crippen LogP contribution in [0.25, 0.3) is 11.4 Å². The molecule has 0 saturated heterocycles. The number of benzene rings is 2. The van der Waals surface area contributed by atoms with Crippen molar-refractivity contribution in [2.45, 2.75) is 17.5 Å². The Kier molecular flexibility index (Phi) is 5.19. The highest BCUT2D eigenvalue weighted by atomic mass is 32.2. The number of ether oxygens (including phenoxy) is 1. The fourth-order valence-corrected chi connectivity index (χ4v) is 3.19. The van der Waals surface area contributed by atoms with Gasteiger partial charge in [0.25, 0.3) is 0 Å². The molecule has 142 valence electrons. The van der Waals surface area contributed by atoms with Crippen LogP contribution in [0.3, 0.4) is 0 Å². The first-order chi connectivity index (χ1) is 13.7. The fraction of sp³-hybridized carbons (Fsp3) is 0.125. The Balaban J connectivity index is 1.50. The quantitative estimate of drug-likeness (QED) is 0.435. The Bertz CT molecular complexity index is 1040. The van der Waals surface area contributed by atoms with Crippen molar-refractivity contribution in [3.8, 4) is 17.1 Å². The molecule has 0 atom stereocenters. The van der Waals surface area contributed by atoms with Gasteiger partial charge in [0.2, 0.25) is 5.16 Å². The van der Waals surface area contributed by atoms with Gasteiger partial charge >= 0.3 is 6.61 Å². The molecular formula is C16H12F2N8OS. The molecule has 2 aromatic carbocycles. The molecule has 9 nitrogen and oxygen atoms in total. The molecule has 2 aromatic heterocycles. The summed E-state index contributed by atoms with van der Waals surface area (Å²) in [5.74, 6) is 1.01. The van der Waals surface area contributed by atoms with Crippen molar-refractivity contribution >= 4 is 11.8 Å². The molecule has 0 N–H and O–H groups in total. The number of alkyl halides is 2. The molecule has 0 unspecified atom stereocenters. The third kappa shape index (κ3) is 3.96. The Morgan fingerprint density at radius 1 is 0.857 bits per heavy atom. The van der Waals surface area contributed by atoms with Gasteiger partial charge in [-0.15, -0.1) is 10.2 Å². The average molecular weight is 402 g/mol. The first kappa shape index (κ1) is 18.0. The normalized spacial score (nSPS) is 11.1. The summed E-state index contributed by atoms with van der Waals surface area (Å²) in [6.07, 6.45) is 0. The van der Waals surface area contributed by atoms with Crippen LogP contribution in [0.15, 0.2) is 59.8 Å². The van der Waals surface area contributed by atoms with Crippen molar-refractivity contribution in [1.82, 2.24) is 40.4 Å². The third-order valence-electron chi connectivity index (χ3n) is 3.61. The lowest BCUT2D eigenvalue weighted by Gasteiger charge is -2.07. The zero-order valence-electron chi connectivity index (χ0n) is 14.1. The van der Waals surface area contributed by atoms with E-state index in [1.54, 1.807) is 16.8 Å². The maximum Gasteiger partial charge on any atom is 0.387 e. The van der Waals surface area contributed by atoms with Gasteiger partial charge in [0.1, 0.15) is 5.75 Å². The molecule has 0 amide bonds. The highest BCUT2D eigenvalue weighted by Gasteiger charge is 2.14. The van der Waals surface area contributed by atoms with Crippen LogP contribution in [0.4, 0.5) is 8.78 Å². The molecule has 0 spiro atoms. The van der Waals surface area contributed by atoms with Gasteiger partial charge in [0, 0.05) is 0 Å². The predicted molar refractivity (Wildman–Crippen MR) is 94.5 cm³/mol. The van der Waals surface area contributed by atoms with Crippen molar-refractivity contribution in [2.24, 2.45) is 0 Å². The van der Waals surface area contributed by atoms with E-state index in [0.717, 1.165) is 5.69 Å². The number of hydrogen-bond donors (Lipinski definition) is 0. The van der Waals surface area contributed by atoms with Crippen LogP contribution in [0.1, 0.15) is 5.82 Å². The molecule has 2 heterocycles. The highest BCUT2D eigenvalue weighted by molar-refractivity contribution is 7.98. The number of halogens is 2. The molecule has 28 heavy (non-hydrogen) atoms. The van der Waals surface area contributed by atoms with E-state index >= 15 is 0 Å². The first-order valence-electron chi connectivity index (χ1n) is 8.00. The van der Waals surface area contributed by atoms with E-state index in [0.29, 0.717) is 22.4 Å². The van der Waals surface area contributed by atoms with E-state index in [1.165, 1.54) is 28.6 Å². The number of thioether (sulfide) groups is 1. The summed E-state index contributed by atoms with van der Waals surface area (Å²) in [6, 6.07) is 15.5. The molecule has 0 aliphatic carbocycles. The van der Waals surface area contributed by atoms with Crippen molar-refractivity contribution in [2.75, 3.05) is 0 Å². The number of hydrogen-bond acceptors (Lipinski definition) is 8. The second kappa shape index (κ2) is 8.08. The molecule has 0 saturated carbocycles. The summed E-state index contributed by atoms with van der Waals surface area (Å²) in [4.78, 5) is 0. The second-order valence-electron chi connectivity index (χ2n) is 5.38. The van der Waals surface area contributed by atoms with E-state index in [9.17, 15) is 8.78 Å². The fourth-order valence-electron chi connectivity index (χ4n) is 2.39. The Labute approximate surface area is 161 Å². The van der Waals surface area contributed by atoms with Crippen LogP contribution in [0.5, 0.6) is 5.75 Å². The summed E-state index contributed by atoms with van der Waals surface area (Å²) in [6.45, 7) is -2.87. The van der Waals surface area contributed by atoms with Crippen LogP contribution < -0.4 is 4.74 Å². The van der Waals surface area contributed by atoms with Crippen molar-refractivity contribution in [3.63, 3.8) is 0 Å². The van der Waals surface area contributed by atoms with Crippen LogP contribution in [-0.4, -0.2) is 47.0 Å². The largest absolute Gasteiger partial charge is 0.435 e. The van der Waals surface area contributed by atoms with Crippen molar-refractivity contribution < 1.29 is 13.5 Å². The maximum atomic E-state index is 12.3. The summed E-state index contributed by atoms with van der Waals surface area (Å²) in [7, 11) is 0. The van der Waals surface area contributed by atoms with Gasteiger partial charge < -0.3 is 4.74 Å². The molecule has 0 bridgehead atoms. The number of tetrazole rings is 2. The third-order valence-corrected chi connectivity index (χ3v) is 4.53. The van der Waals surface area contributed by atoms with Crippen molar-refractivity contribution in [3.05, 3.63) is 60.4 Å². The molecule has 0 fully saturated rings. The number of aromatic nitrogens is 8. The lowest BCUT2D eigenvalue weighted by atomic mass is 10.3. The highest BCUT2D eigenvalue weighted by Crippen LogP contribution is 2.23. The Hall–Kier alpha value is -3.41. The van der Waals surface area contributed by atoms with Gasteiger partial charge in [-0.05, 0) is 57.3 Å². The summed E-state index contributed by atoms with van der Waals surface area (Å²) in [5.41, 5.74) is 1.45. The predicted octanol–water partition coefficient (Wildman–Crippen LogP) is 2.53. The smallest absolute Gasteiger partial charge is 0.387 e. The first-order valence-corrected chi connectivity index (χ1v) is 8.98. The minimum absolute atomic E-state index is 0.0600. The molecule has 4 aromatic rings. The van der Waals surface area contributed by atoms with E-state index in [1.807, 2.05) is 30.3 Å². The zero-order valence-corrected chi connectivity index (χ0v) is 14.9. The van der Waals surface area contributed by atoms with E-state index in [2.05, 4.69) is 35.8 Å². The van der Waals surface area contributed by atoms with E-state index < -0.39 is 6.61 Å². The number of para-hydroxylation sites is 1. The minimum Gasteiger partial charge on any atom is -0.435 e. The van der Waals surface area contributed by atoms with E-state index in [-0.39, 0.29) is 5.75 Å². The van der Waals surface area contributed by atoms with Crippen LogP contribution in [-0.2, 0) is 5.75 Å². The molecule has 4 rings (SSSR count). The standard InChI is InChI=1S/C16H12F2N8OS/c17-15(18)27-13-8-6-12(7-9-13)25-14(19-21-23-25)10-28-16-20-22-24-26(16)11-4-2-1-3-5-11/h1-9,15H,10H2. The van der Waals surface area contributed by atoms with Gasteiger partial charge in [0.15, 0.2) is 5.82 Å². The topological polar surface area (TPSA) is 96.4 Å². The summed E-state index contributed by atoms with van der Waals surface area (Å²) < 4.78 is 32.0. The zero-order chi connectivity index (χ0) is 19.3. The number of nitrogens with zero attached hydrogens (tertiary/aromatic N) is 8. The Morgan fingerprint density at radius 3 is 2.29 bits per heavy atom. The lowest BCUT2D eigenvalue weighted by molar-refractivity contribution is -0.0498. The molecule has 0 aliphatic heterocycles. The molecule has 0 aliphatic rings. The monoisotopic (exact) mass is 402 g/mol.